The molecule has 5 aromatic carbocycles. The van der Waals surface area contributed by atoms with Crippen molar-refractivity contribution in [1.82, 2.24) is 0 Å². The number of halogens is 5. The van der Waals surface area contributed by atoms with Gasteiger partial charge in [0.05, 0.1) is 35.4 Å². The summed E-state index contributed by atoms with van der Waals surface area (Å²) >= 11 is 15.8. The van der Waals surface area contributed by atoms with E-state index in [1.807, 2.05) is 76.2 Å². The van der Waals surface area contributed by atoms with Crippen LogP contribution in [0.3, 0.4) is 0 Å². The maximum absolute atomic E-state index is 12.7. The third-order valence-electron chi connectivity index (χ3n) is 8.45. The Bertz CT molecular complexity index is 2250. The Kier molecular flexibility index (Phi) is 18.4. The van der Waals surface area contributed by atoms with E-state index < -0.39 is 17.7 Å². The van der Waals surface area contributed by atoms with Gasteiger partial charge in [0.15, 0.2) is 13.2 Å². The van der Waals surface area contributed by atoms with Crippen molar-refractivity contribution in [2.45, 2.75) is 80.5 Å². The van der Waals surface area contributed by atoms with Gasteiger partial charge < -0.3 is 28.8 Å². The molecule has 0 aromatic heterocycles. The smallest absolute Gasteiger partial charge is 0.416 e. The van der Waals surface area contributed by atoms with Gasteiger partial charge >= 0.3 is 18.1 Å². The van der Waals surface area contributed by atoms with Crippen LogP contribution in [-0.4, -0.2) is 43.5 Å². The van der Waals surface area contributed by atoms with Gasteiger partial charge in [0, 0.05) is 19.6 Å². The summed E-state index contributed by atoms with van der Waals surface area (Å²) in [6.07, 6.45) is -4.38. The number of ether oxygens (including phenoxy) is 5. The zero-order chi connectivity index (χ0) is 44.0. The minimum absolute atomic E-state index is 0.0324. The molecule has 0 saturated carbocycles. The quantitative estimate of drug-likeness (QED) is 0.0963. The SMILES string of the molecule is CCOC(=O)COc1cc(C)c(Sc2ccc(CO)cc2Cl)cc1C.CCOC(=O)COc1cc(C)c(Sc2ccc(COc3ccc(C(F)(F)F)cc3)cc2Cl)cc1C. The molecule has 15 heteroatoms. The number of aryl methyl sites for hydroxylation is 4. The van der Waals surface area contributed by atoms with E-state index in [1.165, 1.54) is 23.9 Å². The monoisotopic (exact) mass is 904 g/mol. The number of benzene rings is 5. The lowest BCUT2D eigenvalue weighted by atomic mass is 10.1. The predicted octanol–water partition coefficient (Wildman–Crippen LogP) is 12.2. The first-order valence-electron chi connectivity index (χ1n) is 18.6. The molecule has 0 saturated heterocycles. The van der Waals surface area contributed by atoms with Gasteiger partial charge in [0.25, 0.3) is 0 Å². The van der Waals surface area contributed by atoms with E-state index >= 15 is 0 Å². The number of carbonyl (C=O) groups excluding carboxylic acids is 2. The molecule has 0 bridgehead atoms. The second kappa shape index (κ2) is 22.9. The summed E-state index contributed by atoms with van der Waals surface area (Å²) in [6, 6.07) is 23.3. The second-order valence-corrected chi connectivity index (χ2v) is 16.1. The number of aliphatic hydroxyl groups excluding tert-OH is 1. The third-order valence-corrected chi connectivity index (χ3v) is 11.8. The van der Waals surface area contributed by atoms with Gasteiger partial charge in [-0.1, -0.05) is 58.9 Å². The molecule has 5 rings (SSSR count). The van der Waals surface area contributed by atoms with Gasteiger partial charge in [-0.25, -0.2) is 9.59 Å². The molecule has 0 heterocycles. The Balaban J connectivity index is 0.000000280. The summed E-state index contributed by atoms with van der Waals surface area (Å²) in [5, 5.41) is 10.3. The maximum atomic E-state index is 12.7. The first-order chi connectivity index (χ1) is 28.5. The van der Waals surface area contributed by atoms with Crippen molar-refractivity contribution in [3.63, 3.8) is 0 Å². The van der Waals surface area contributed by atoms with Crippen molar-refractivity contribution in [2.24, 2.45) is 0 Å². The number of rotatable bonds is 16. The van der Waals surface area contributed by atoms with Crippen LogP contribution in [-0.2, 0) is 38.5 Å². The van der Waals surface area contributed by atoms with Crippen LogP contribution in [0.1, 0.15) is 52.8 Å². The molecule has 0 fully saturated rings. The van der Waals surface area contributed by atoms with Crippen molar-refractivity contribution in [2.75, 3.05) is 26.4 Å². The molecule has 0 radical (unpaired) electrons. The Morgan fingerprint density at radius 2 is 1.05 bits per heavy atom. The number of aliphatic hydroxyl groups is 1. The van der Waals surface area contributed by atoms with Gasteiger partial charge in [-0.05, 0) is 148 Å². The van der Waals surface area contributed by atoms with Crippen molar-refractivity contribution in [3.05, 3.63) is 134 Å². The Morgan fingerprint density at radius 1 is 0.600 bits per heavy atom. The van der Waals surface area contributed by atoms with Gasteiger partial charge in [-0.15, -0.1) is 0 Å². The molecule has 0 spiro atoms. The number of hydrogen-bond acceptors (Lipinski definition) is 10. The first-order valence-corrected chi connectivity index (χ1v) is 21.0. The molecule has 320 valence electrons. The summed E-state index contributed by atoms with van der Waals surface area (Å²) in [4.78, 5) is 26.8. The van der Waals surface area contributed by atoms with E-state index in [9.17, 15) is 22.8 Å². The summed E-state index contributed by atoms with van der Waals surface area (Å²) in [5.41, 5.74) is 4.64. The molecule has 1 N–H and O–H groups in total. The minimum Gasteiger partial charge on any atom is -0.489 e. The van der Waals surface area contributed by atoms with E-state index in [0.717, 1.165) is 65.1 Å². The molecule has 0 unspecified atom stereocenters. The minimum atomic E-state index is -4.38. The van der Waals surface area contributed by atoms with Gasteiger partial charge in [-0.3, -0.25) is 0 Å². The van der Waals surface area contributed by atoms with Crippen LogP contribution in [0.15, 0.2) is 105 Å². The van der Waals surface area contributed by atoms with E-state index in [0.29, 0.717) is 40.5 Å². The van der Waals surface area contributed by atoms with Crippen LogP contribution >= 0.6 is 46.7 Å². The largest absolute Gasteiger partial charge is 0.489 e. The van der Waals surface area contributed by atoms with Crippen LogP contribution in [0, 0.1) is 27.7 Å². The fraction of sp³-hybridized carbons (Fsp3) is 0.289. The van der Waals surface area contributed by atoms with Crippen molar-refractivity contribution in [1.29, 1.82) is 0 Å². The summed E-state index contributed by atoms with van der Waals surface area (Å²) in [6.45, 7) is 11.8. The zero-order valence-electron chi connectivity index (χ0n) is 33.8. The van der Waals surface area contributed by atoms with Crippen molar-refractivity contribution >= 4 is 58.7 Å². The molecule has 8 nitrogen and oxygen atoms in total. The fourth-order valence-electron chi connectivity index (χ4n) is 5.32. The summed E-state index contributed by atoms with van der Waals surface area (Å²) in [5.74, 6) is 0.813. The van der Waals surface area contributed by atoms with Gasteiger partial charge in [0.2, 0.25) is 0 Å². The lowest BCUT2D eigenvalue weighted by molar-refractivity contribution is -0.146. The topological polar surface area (TPSA) is 101 Å². The molecule has 0 aliphatic rings. The van der Waals surface area contributed by atoms with E-state index in [4.69, 9.17) is 52.0 Å². The van der Waals surface area contributed by atoms with Crippen molar-refractivity contribution in [3.8, 4) is 17.2 Å². The Morgan fingerprint density at radius 3 is 1.47 bits per heavy atom. The Hall–Kier alpha value is -4.53. The maximum Gasteiger partial charge on any atom is 0.416 e. The normalized spacial score (nSPS) is 11.0. The average molecular weight is 906 g/mol. The van der Waals surface area contributed by atoms with Gasteiger partial charge in [0.1, 0.15) is 23.9 Å². The number of esters is 2. The van der Waals surface area contributed by atoms with Crippen LogP contribution in [0.2, 0.25) is 10.0 Å². The number of alkyl halides is 3. The first kappa shape index (κ1) is 48.1. The molecule has 0 aliphatic heterocycles. The molecular formula is C45H45Cl2F3O8S2. The molecule has 0 atom stereocenters. The lowest BCUT2D eigenvalue weighted by Crippen LogP contribution is -2.15. The third kappa shape index (κ3) is 14.6. The zero-order valence-corrected chi connectivity index (χ0v) is 37.0. The highest BCUT2D eigenvalue weighted by molar-refractivity contribution is 7.99. The number of hydrogen-bond donors (Lipinski definition) is 1. The van der Waals surface area contributed by atoms with Crippen molar-refractivity contribution < 1.29 is 51.6 Å². The molecule has 60 heavy (non-hydrogen) atoms. The van der Waals surface area contributed by atoms with Crippen LogP contribution in [0.25, 0.3) is 0 Å². The fourth-order valence-corrected chi connectivity index (χ4v) is 7.93. The second-order valence-electron chi connectivity index (χ2n) is 13.2. The Labute approximate surface area is 366 Å². The van der Waals surface area contributed by atoms with E-state index in [2.05, 4.69) is 0 Å². The van der Waals surface area contributed by atoms with Crippen LogP contribution in [0.5, 0.6) is 17.2 Å². The average Bonchev–Trinajstić information content (AvgIpc) is 3.20. The summed E-state index contributed by atoms with van der Waals surface area (Å²) < 4.78 is 64.5. The summed E-state index contributed by atoms with van der Waals surface area (Å²) in [7, 11) is 0. The highest BCUT2D eigenvalue weighted by Crippen LogP contribution is 2.40. The molecule has 0 aliphatic carbocycles. The van der Waals surface area contributed by atoms with Crippen LogP contribution < -0.4 is 14.2 Å². The number of carbonyl (C=O) groups is 2. The van der Waals surface area contributed by atoms with Gasteiger partial charge in [-0.2, -0.15) is 13.2 Å². The predicted molar refractivity (Wildman–Crippen MR) is 229 cm³/mol. The molecule has 5 aromatic rings. The molecule has 0 amide bonds. The highest BCUT2D eigenvalue weighted by Gasteiger charge is 2.30. The molecular weight excluding hydrogens is 861 g/mol. The van der Waals surface area contributed by atoms with E-state index in [1.54, 1.807) is 37.7 Å². The van der Waals surface area contributed by atoms with Crippen LogP contribution in [0.4, 0.5) is 13.2 Å². The lowest BCUT2D eigenvalue weighted by Gasteiger charge is -2.14. The standard InChI is InChI=1S/C26H24ClF3O4S.C19H21ClO4S/c1-4-32-25(31)15-34-22-11-17(3)24(12-16(22)2)35-23-10-5-18(13-21(23)27)14-33-20-8-6-19(7-9-20)26(28,29)30;1-4-23-19(22)11-24-16-7-13(3)18(8-12(16)2)25-17-6-5-14(10-21)9-15(17)20/h5-13H,4,14-15H2,1-3H3;5-9,21H,4,10-11H2,1-3H3. The van der Waals surface area contributed by atoms with E-state index in [-0.39, 0.29) is 32.4 Å². The highest BCUT2D eigenvalue weighted by atomic mass is 35.5.